The van der Waals surface area contributed by atoms with Crippen LogP contribution < -0.4 is 19.9 Å². The molecule has 2 aromatic carbocycles. The Hall–Kier alpha value is -3.06. The smallest absolute Gasteiger partial charge is 0.268 e. The zero-order chi connectivity index (χ0) is 18.7. The van der Waals surface area contributed by atoms with Crippen molar-refractivity contribution in [1.29, 1.82) is 0 Å². The van der Waals surface area contributed by atoms with Crippen LogP contribution in [0.4, 0.5) is 0 Å². The van der Waals surface area contributed by atoms with E-state index < -0.39 is 5.91 Å². The first kappa shape index (κ1) is 17.8. The lowest BCUT2D eigenvalue weighted by Crippen LogP contribution is -2.12. The van der Waals surface area contributed by atoms with Crippen LogP contribution >= 0.6 is 11.3 Å². The quantitative estimate of drug-likeness (QED) is 0.717. The third kappa shape index (κ3) is 3.21. The standard InChI is InChI=1S/C19H18N2O4S/c1-23-13-9-12(10-14(24-2)16(13)25-3)17-15(18(20)22)21-19(26-17)11-7-5-4-6-8-11/h4-10H,1-3H3,(H2,20,22). The molecule has 1 aromatic heterocycles. The number of thiazole rings is 1. The highest BCUT2D eigenvalue weighted by molar-refractivity contribution is 7.18. The van der Waals surface area contributed by atoms with Crippen LogP contribution in [0.5, 0.6) is 17.2 Å². The minimum atomic E-state index is -0.591. The molecule has 0 saturated carbocycles. The molecule has 0 aliphatic rings. The molecule has 2 N–H and O–H groups in total. The molecule has 26 heavy (non-hydrogen) atoms. The number of carbonyl (C=O) groups is 1. The fourth-order valence-electron chi connectivity index (χ4n) is 2.60. The number of hydrogen-bond donors (Lipinski definition) is 1. The number of ether oxygens (including phenoxy) is 3. The number of carbonyl (C=O) groups excluding carboxylic acids is 1. The van der Waals surface area contributed by atoms with E-state index in [0.29, 0.717) is 32.7 Å². The third-order valence-electron chi connectivity index (χ3n) is 3.81. The molecule has 134 valence electrons. The van der Waals surface area contributed by atoms with Crippen LogP contribution in [0.1, 0.15) is 10.5 Å². The molecule has 0 aliphatic heterocycles. The average Bonchev–Trinajstić information content (AvgIpc) is 3.13. The van der Waals surface area contributed by atoms with Gasteiger partial charge in [-0.1, -0.05) is 30.3 Å². The summed E-state index contributed by atoms with van der Waals surface area (Å²) < 4.78 is 16.1. The summed E-state index contributed by atoms with van der Waals surface area (Å²) in [5.41, 5.74) is 7.40. The van der Waals surface area contributed by atoms with Gasteiger partial charge in [0.15, 0.2) is 11.5 Å². The lowest BCUT2D eigenvalue weighted by atomic mass is 10.1. The zero-order valence-corrected chi connectivity index (χ0v) is 15.4. The molecule has 1 heterocycles. The van der Waals surface area contributed by atoms with E-state index in [1.807, 2.05) is 30.3 Å². The lowest BCUT2D eigenvalue weighted by Gasteiger charge is -2.13. The highest BCUT2D eigenvalue weighted by Crippen LogP contribution is 2.44. The molecule has 1 amide bonds. The topological polar surface area (TPSA) is 83.7 Å². The predicted molar refractivity (Wildman–Crippen MR) is 101 cm³/mol. The predicted octanol–water partition coefficient (Wildman–Crippen LogP) is 3.60. The molecule has 0 aliphatic carbocycles. The lowest BCUT2D eigenvalue weighted by molar-refractivity contribution is 0.0997. The van der Waals surface area contributed by atoms with Crippen LogP contribution in [0.15, 0.2) is 42.5 Å². The zero-order valence-electron chi connectivity index (χ0n) is 14.6. The van der Waals surface area contributed by atoms with E-state index in [4.69, 9.17) is 19.9 Å². The maximum absolute atomic E-state index is 12.0. The molecular weight excluding hydrogens is 352 g/mol. The van der Waals surface area contributed by atoms with Crippen molar-refractivity contribution >= 4 is 17.2 Å². The van der Waals surface area contributed by atoms with Crippen molar-refractivity contribution in [1.82, 2.24) is 4.98 Å². The largest absolute Gasteiger partial charge is 0.493 e. The highest BCUT2D eigenvalue weighted by Gasteiger charge is 2.22. The van der Waals surface area contributed by atoms with Gasteiger partial charge in [-0.25, -0.2) is 4.98 Å². The molecule has 6 nitrogen and oxygen atoms in total. The van der Waals surface area contributed by atoms with Crippen molar-refractivity contribution in [3.05, 3.63) is 48.2 Å². The van der Waals surface area contributed by atoms with Gasteiger partial charge in [0.25, 0.3) is 5.91 Å². The van der Waals surface area contributed by atoms with Crippen molar-refractivity contribution in [3.8, 4) is 38.3 Å². The molecule has 3 aromatic rings. The highest BCUT2D eigenvalue weighted by atomic mass is 32.1. The number of rotatable bonds is 6. The van der Waals surface area contributed by atoms with Crippen LogP contribution in [-0.4, -0.2) is 32.2 Å². The summed E-state index contributed by atoms with van der Waals surface area (Å²) in [5, 5.41) is 0.711. The minimum Gasteiger partial charge on any atom is -0.493 e. The Morgan fingerprint density at radius 3 is 2.08 bits per heavy atom. The summed E-state index contributed by atoms with van der Waals surface area (Å²) in [5.74, 6) is 0.873. The third-order valence-corrected chi connectivity index (χ3v) is 4.96. The van der Waals surface area contributed by atoms with Gasteiger partial charge in [-0.15, -0.1) is 11.3 Å². The van der Waals surface area contributed by atoms with Crippen LogP contribution in [0, 0.1) is 0 Å². The van der Waals surface area contributed by atoms with E-state index in [1.54, 1.807) is 12.1 Å². The Labute approximate surface area is 155 Å². The average molecular weight is 370 g/mol. The van der Waals surface area contributed by atoms with Crippen LogP contribution in [-0.2, 0) is 0 Å². The number of benzene rings is 2. The van der Waals surface area contributed by atoms with Gasteiger partial charge >= 0.3 is 0 Å². The fraction of sp³-hybridized carbons (Fsp3) is 0.158. The Kier molecular flexibility index (Phi) is 5.09. The van der Waals surface area contributed by atoms with Gasteiger partial charge in [-0.05, 0) is 12.1 Å². The molecule has 0 saturated heterocycles. The van der Waals surface area contributed by atoms with Gasteiger partial charge in [-0.3, -0.25) is 4.79 Å². The maximum Gasteiger partial charge on any atom is 0.268 e. The van der Waals surface area contributed by atoms with E-state index >= 15 is 0 Å². The Balaban J connectivity index is 2.20. The number of methoxy groups -OCH3 is 3. The van der Waals surface area contributed by atoms with Crippen molar-refractivity contribution in [2.75, 3.05) is 21.3 Å². The minimum absolute atomic E-state index is 0.211. The number of amides is 1. The van der Waals surface area contributed by atoms with Crippen LogP contribution in [0.2, 0.25) is 0 Å². The number of nitrogens with zero attached hydrogens (tertiary/aromatic N) is 1. The second kappa shape index (κ2) is 7.45. The molecule has 0 fully saturated rings. The van der Waals surface area contributed by atoms with Gasteiger partial charge in [-0.2, -0.15) is 0 Å². The molecule has 0 spiro atoms. The first-order valence-corrected chi connectivity index (χ1v) is 8.57. The molecular formula is C19H18N2O4S. The molecule has 3 rings (SSSR count). The maximum atomic E-state index is 12.0. The van der Waals surface area contributed by atoms with Crippen molar-refractivity contribution in [2.24, 2.45) is 5.73 Å². The number of primary amides is 1. The molecule has 0 bridgehead atoms. The summed E-state index contributed by atoms with van der Waals surface area (Å²) >= 11 is 1.38. The number of hydrogen-bond acceptors (Lipinski definition) is 6. The molecule has 0 atom stereocenters. The Bertz CT molecular complexity index is 913. The van der Waals surface area contributed by atoms with Gasteiger partial charge in [0, 0.05) is 11.1 Å². The number of nitrogens with two attached hydrogens (primary N) is 1. The summed E-state index contributed by atoms with van der Waals surface area (Å²) in [6.07, 6.45) is 0. The van der Waals surface area contributed by atoms with Crippen LogP contribution in [0.25, 0.3) is 21.0 Å². The van der Waals surface area contributed by atoms with E-state index in [2.05, 4.69) is 4.98 Å². The summed E-state index contributed by atoms with van der Waals surface area (Å²) in [7, 11) is 4.62. The fourth-order valence-corrected chi connectivity index (χ4v) is 3.66. The first-order chi connectivity index (χ1) is 12.6. The normalized spacial score (nSPS) is 10.4. The van der Waals surface area contributed by atoms with Gasteiger partial charge in [0.1, 0.15) is 10.7 Å². The van der Waals surface area contributed by atoms with Crippen molar-refractivity contribution in [3.63, 3.8) is 0 Å². The SMILES string of the molecule is COc1cc(-c2sc(-c3ccccc3)nc2C(N)=O)cc(OC)c1OC. The monoisotopic (exact) mass is 370 g/mol. The molecule has 0 radical (unpaired) electrons. The summed E-state index contributed by atoms with van der Waals surface area (Å²) in [6, 6.07) is 13.2. The first-order valence-electron chi connectivity index (χ1n) is 7.75. The summed E-state index contributed by atoms with van der Waals surface area (Å²) in [4.78, 5) is 17.0. The van der Waals surface area contributed by atoms with E-state index in [0.717, 1.165) is 5.56 Å². The Morgan fingerprint density at radius 1 is 0.962 bits per heavy atom. The van der Waals surface area contributed by atoms with Gasteiger partial charge in [0.05, 0.1) is 26.2 Å². The van der Waals surface area contributed by atoms with Crippen LogP contribution in [0.3, 0.4) is 0 Å². The van der Waals surface area contributed by atoms with Crippen molar-refractivity contribution < 1.29 is 19.0 Å². The van der Waals surface area contributed by atoms with Crippen molar-refractivity contribution in [2.45, 2.75) is 0 Å². The number of aromatic nitrogens is 1. The van der Waals surface area contributed by atoms with Gasteiger partial charge in [0.2, 0.25) is 5.75 Å². The molecule has 7 heteroatoms. The second-order valence-electron chi connectivity index (χ2n) is 5.34. The second-order valence-corrected chi connectivity index (χ2v) is 6.34. The summed E-state index contributed by atoms with van der Waals surface area (Å²) in [6.45, 7) is 0. The Morgan fingerprint density at radius 2 is 1.58 bits per heavy atom. The molecule has 0 unspecified atom stereocenters. The van der Waals surface area contributed by atoms with Gasteiger partial charge < -0.3 is 19.9 Å². The van der Waals surface area contributed by atoms with E-state index in [9.17, 15) is 4.79 Å². The van der Waals surface area contributed by atoms with E-state index in [1.165, 1.54) is 32.7 Å². The van der Waals surface area contributed by atoms with E-state index in [-0.39, 0.29) is 5.69 Å².